The van der Waals surface area contributed by atoms with E-state index < -0.39 is 0 Å². The first-order chi connectivity index (χ1) is 7.86. The lowest BCUT2D eigenvalue weighted by atomic mass is 10.1. The molecule has 0 bridgehead atoms. The minimum absolute atomic E-state index is 0.747. The highest BCUT2D eigenvalue weighted by atomic mass is 15.2. The van der Waals surface area contributed by atoms with Gasteiger partial charge in [-0.3, -0.25) is 11.1 Å². The summed E-state index contributed by atoms with van der Waals surface area (Å²) in [6, 6.07) is 14.7. The molecule has 3 N–H and O–H groups in total. The van der Waals surface area contributed by atoms with Gasteiger partial charge in [-0.25, -0.2) is 4.58 Å². The fourth-order valence-electron chi connectivity index (χ4n) is 2.21. The first-order valence-electron chi connectivity index (χ1n) is 5.48. The van der Waals surface area contributed by atoms with Crippen LogP contribution in [0.25, 0.3) is 10.8 Å². The van der Waals surface area contributed by atoms with Crippen molar-refractivity contribution in [1.82, 2.24) is 5.32 Å². The lowest BCUT2D eigenvalue weighted by Gasteiger charge is -2.06. The second kappa shape index (κ2) is 3.52. The van der Waals surface area contributed by atoms with Crippen LogP contribution in [-0.2, 0) is 0 Å². The second-order valence-corrected chi connectivity index (χ2v) is 3.96. The van der Waals surface area contributed by atoms with Crippen LogP contribution in [0.15, 0.2) is 42.5 Å². The molecule has 0 amide bonds. The Balaban J connectivity index is 2.28. The molecular weight excluding hydrogens is 198 g/mol. The normalized spacial score (nSPS) is 15.5. The van der Waals surface area contributed by atoms with Crippen molar-refractivity contribution in [2.45, 2.75) is 0 Å². The molecular formula is C13H14N3+. The van der Waals surface area contributed by atoms with Gasteiger partial charge in [0.15, 0.2) is 0 Å². The summed E-state index contributed by atoms with van der Waals surface area (Å²) in [7, 11) is 0. The molecule has 0 aromatic heterocycles. The van der Waals surface area contributed by atoms with Crippen molar-refractivity contribution >= 4 is 22.4 Å². The topological polar surface area (TPSA) is 41.1 Å². The molecule has 0 fully saturated rings. The molecule has 0 aliphatic carbocycles. The molecule has 2 aromatic rings. The van der Waals surface area contributed by atoms with Crippen molar-refractivity contribution in [2.24, 2.45) is 5.73 Å². The fourth-order valence-corrected chi connectivity index (χ4v) is 2.21. The van der Waals surface area contributed by atoms with E-state index in [1.54, 1.807) is 0 Å². The Labute approximate surface area is 94.2 Å². The maximum absolute atomic E-state index is 5.93. The van der Waals surface area contributed by atoms with E-state index in [2.05, 4.69) is 52.4 Å². The summed E-state index contributed by atoms with van der Waals surface area (Å²) in [4.78, 5) is 0. The van der Waals surface area contributed by atoms with Crippen LogP contribution in [0.5, 0.6) is 0 Å². The Morgan fingerprint density at radius 3 is 2.69 bits per heavy atom. The van der Waals surface area contributed by atoms with Gasteiger partial charge in [0.2, 0.25) is 0 Å². The zero-order valence-electron chi connectivity index (χ0n) is 8.98. The number of guanidine groups is 1. The molecule has 3 heteroatoms. The number of benzene rings is 2. The Bertz CT molecular complexity index is 567. The zero-order chi connectivity index (χ0) is 11.0. The fraction of sp³-hybridized carbons (Fsp3) is 0.154. The molecule has 3 nitrogen and oxygen atoms in total. The minimum Gasteiger partial charge on any atom is -0.290 e. The van der Waals surface area contributed by atoms with Gasteiger partial charge in [0.25, 0.3) is 0 Å². The average molecular weight is 212 g/mol. The van der Waals surface area contributed by atoms with E-state index in [4.69, 9.17) is 5.73 Å². The minimum atomic E-state index is 0.747. The van der Waals surface area contributed by atoms with Crippen LogP contribution in [0.1, 0.15) is 0 Å². The smallest absolute Gasteiger partial charge is 0.290 e. The summed E-state index contributed by atoms with van der Waals surface area (Å²) in [5.74, 6) is 0.747. The average Bonchev–Trinajstić information content (AvgIpc) is 2.75. The SMILES string of the molecule is NC1=[N+](c2cccc3ccccc23)CCN1. The third-order valence-corrected chi connectivity index (χ3v) is 2.99. The van der Waals surface area contributed by atoms with Crippen molar-refractivity contribution in [3.63, 3.8) is 0 Å². The molecule has 0 saturated heterocycles. The summed E-state index contributed by atoms with van der Waals surface area (Å²) in [5.41, 5.74) is 7.11. The monoisotopic (exact) mass is 212 g/mol. The van der Waals surface area contributed by atoms with Gasteiger partial charge in [-0.2, -0.15) is 0 Å². The molecule has 1 heterocycles. The van der Waals surface area contributed by atoms with E-state index in [9.17, 15) is 0 Å². The maximum atomic E-state index is 5.93. The standard InChI is InChI=1S/C13H13N3/c14-13-15-8-9-16(13)12-7-3-5-10-4-1-2-6-11(10)12/h1-7H,8-9H2,(H2,14,15)/p+1. The third-order valence-electron chi connectivity index (χ3n) is 2.99. The first-order valence-corrected chi connectivity index (χ1v) is 5.48. The Hall–Kier alpha value is -2.03. The summed E-state index contributed by atoms with van der Waals surface area (Å²) in [5, 5.41) is 5.65. The second-order valence-electron chi connectivity index (χ2n) is 3.96. The van der Waals surface area contributed by atoms with E-state index in [1.165, 1.54) is 16.5 Å². The van der Waals surface area contributed by atoms with Crippen molar-refractivity contribution < 1.29 is 4.58 Å². The molecule has 2 aromatic carbocycles. The van der Waals surface area contributed by atoms with E-state index in [0.717, 1.165) is 19.0 Å². The number of nitrogens with one attached hydrogen (secondary N) is 1. The highest BCUT2D eigenvalue weighted by Crippen LogP contribution is 2.25. The van der Waals surface area contributed by atoms with Crippen LogP contribution >= 0.6 is 0 Å². The predicted molar refractivity (Wildman–Crippen MR) is 65.9 cm³/mol. The summed E-state index contributed by atoms with van der Waals surface area (Å²) < 4.78 is 2.13. The molecule has 0 spiro atoms. The van der Waals surface area contributed by atoms with Gasteiger partial charge in [0.1, 0.15) is 12.2 Å². The number of hydrogen-bond acceptors (Lipinski definition) is 2. The third kappa shape index (κ3) is 1.33. The quantitative estimate of drug-likeness (QED) is 0.702. The lowest BCUT2D eigenvalue weighted by molar-refractivity contribution is -0.428. The molecule has 80 valence electrons. The number of hydrogen-bond donors (Lipinski definition) is 2. The predicted octanol–water partition coefficient (Wildman–Crippen LogP) is 1.40. The van der Waals surface area contributed by atoms with Crippen LogP contribution in [0, 0.1) is 0 Å². The zero-order valence-corrected chi connectivity index (χ0v) is 8.98. The highest BCUT2D eigenvalue weighted by molar-refractivity contribution is 5.91. The van der Waals surface area contributed by atoms with E-state index in [0.29, 0.717) is 0 Å². The highest BCUT2D eigenvalue weighted by Gasteiger charge is 2.19. The van der Waals surface area contributed by atoms with E-state index in [-0.39, 0.29) is 0 Å². The maximum Gasteiger partial charge on any atom is 0.348 e. The van der Waals surface area contributed by atoms with Gasteiger partial charge in [0, 0.05) is 5.39 Å². The summed E-state index contributed by atoms with van der Waals surface area (Å²) in [6.45, 7) is 1.84. The number of fused-ring (bicyclic) bond motifs is 1. The van der Waals surface area contributed by atoms with Gasteiger partial charge >= 0.3 is 5.96 Å². The van der Waals surface area contributed by atoms with Gasteiger partial charge in [0.05, 0.1) is 6.54 Å². The van der Waals surface area contributed by atoms with Gasteiger partial charge < -0.3 is 0 Å². The van der Waals surface area contributed by atoms with Crippen LogP contribution in [-0.4, -0.2) is 23.6 Å². The molecule has 1 aliphatic rings. The van der Waals surface area contributed by atoms with Crippen molar-refractivity contribution in [2.75, 3.05) is 13.1 Å². The number of rotatable bonds is 1. The lowest BCUT2D eigenvalue weighted by Crippen LogP contribution is -2.30. The molecule has 3 rings (SSSR count). The molecule has 0 saturated carbocycles. The molecule has 1 aliphatic heterocycles. The molecule has 0 radical (unpaired) electrons. The van der Waals surface area contributed by atoms with Crippen molar-refractivity contribution in [3.8, 4) is 0 Å². The number of nitrogens with zero attached hydrogens (tertiary/aromatic N) is 1. The molecule has 0 unspecified atom stereocenters. The van der Waals surface area contributed by atoms with Crippen molar-refractivity contribution in [3.05, 3.63) is 42.5 Å². The summed E-state index contributed by atoms with van der Waals surface area (Å²) in [6.07, 6.45) is 0. The first kappa shape index (κ1) is 9.21. The number of nitrogens with two attached hydrogens (primary N) is 1. The molecule has 0 atom stereocenters. The van der Waals surface area contributed by atoms with E-state index in [1.807, 2.05) is 0 Å². The van der Waals surface area contributed by atoms with Gasteiger partial charge in [-0.1, -0.05) is 36.4 Å². The summed E-state index contributed by atoms with van der Waals surface area (Å²) >= 11 is 0. The van der Waals surface area contributed by atoms with Crippen LogP contribution in [0.4, 0.5) is 5.69 Å². The Morgan fingerprint density at radius 1 is 1.06 bits per heavy atom. The van der Waals surface area contributed by atoms with E-state index >= 15 is 0 Å². The van der Waals surface area contributed by atoms with Crippen LogP contribution in [0.3, 0.4) is 0 Å². The Morgan fingerprint density at radius 2 is 1.88 bits per heavy atom. The van der Waals surface area contributed by atoms with Crippen LogP contribution in [0.2, 0.25) is 0 Å². The van der Waals surface area contributed by atoms with Crippen LogP contribution < -0.4 is 11.1 Å². The largest absolute Gasteiger partial charge is 0.348 e. The van der Waals surface area contributed by atoms with Crippen molar-refractivity contribution in [1.29, 1.82) is 0 Å². The Kier molecular flexibility index (Phi) is 2.03. The van der Waals surface area contributed by atoms with Gasteiger partial charge in [-0.05, 0) is 11.5 Å². The molecule has 16 heavy (non-hydrogen) atoms. The van der Waals surface area contributed by atoms with Gasteiger partial charge in [-0.15, -0.1) is 0 Å².